The van der Waals surface area contributed by atoms with Crippen LogP contribution >= 0.6 is 0 Å². The van der Waals surface area contributed by atoms with Crippen LogP contribution in [-0.4, -0.2) is 0 Å². The molecule has 2 heteroatoms. The van der Waals surface area contributed by atoms with E-state index in [9.17, 15) is 0 Å². The molecule has 9 aromatic rings. The number of hydrogen-bond donors (Lipinski definition) is 0. The molecule has 0 radical (unpaired) electrons. The van der Waals surface area contributed by atoms with E-state index in [1.807, 2.05) is 6.07 Å². The average Bonchev–Trinajstić information content (AvgIpc) is 3.69. The van der Waals surface area contributed by atoms with Gasteiger partial charge in [0.1, 0.15) is 11.2 Å². The molecule has 1 heterocycles. The topological polar surface area (TPSA) is 16.4 Å². The number of anilines is 3. The van der Waals surface area contributed by atoms with E-state index in [1.54, 1.807) is 0 Å². The Morgan fingerprint density at radius 1 is 0.377 bits per heavy atom. The third-order valence-electron chi connectivity index (χ3n) is 11.1. The molecule has 10 rings (SSSR count). The fraction of sp³-hybridized carbons (Fsp3) is 0.0588. The van der Waals surface area contributed by atoms with E-state index in [4.69, 9.17) is 4.42 Å². The van der Waals surface area contributed by atoms with E-state index >= 15 is 0 Å². The minimum Gasteiger partial charge on any atom is -0.456 e. The molecule has 252 valence electrons. The summed E-state index contributed by atoms with van der Waals surface area (Å²) in [6.45, 7) is 4.70. The molecule has 0 saturated carbocycles. The van der Waals surface area contributed by atoms with Gasteiger partial charge in [0.25, 0.3) is 0 Å². The number of para-hydroxylation sites is 1. The van der Waals surface area contributed by atoms with Crippen LogP contribution in [-0.2, 0) is 5.41 Å². The number of hydrogen-bond acceptors (Lipinski definition) is 2. The van der Waals surface area contributed by atoms with Crippen LogP contribution in [0.1, 0.15) is 25.0 Å². The Morgan fingerprint density at radius 3 is 1.64 bits per heavy atom. The van der Waals surface area contributed by atoms with Gasteiger partial charge < -0.3 is 9.32 Å². The van der Waals surface area contributed by atoms with Crippen molar-refractivity contribution in [1.29, 1.82) is 0 Å². The first-order chi connectivity index (χ1) is 26.0. The second-order valence-corrected chi connectivity index (χ2v) is 14.6. The predicted octanol–water partition coefficient (Wildman–Crippen LogP) is 14.4. The molecule has 0 saturated heterocycles. The van der Waals surface area contributed by atoms with Crippen molar-refractivity contribution in [2.45, 2.75) is 19.3 Å². The molecule has 2 nitrogen and oxygen atoms in total. The average molecular weight is 680 g/mol. The monoisotopic (exact) mass is 679 g/mol. The molecule has 1 aromatic heterocycles. The molecule has 1 aliphatic rings. The van der Waals surface area contributed by atoms with Gasteiger partial charge in [0.2, 0.25) is 0 Å². The van der Waals surface area contributed by atoms with Gasteiger partial charge in [-0.25, -0.2) is 0 Å². The van der Waals surface area contributed by atoms with Crippen LogP contribution in [0.4, 0.5) is 17.1 Å². The van der Waals surface area contributed by atoms with Gasteiger partial charge in [0.05, 0.1) is 5.69 Å². The third-order valence-corrected chi connectivity index (χ3v) is 11.1. The zero-order valence-corrected chi connectivity index (χ0v) is 29.8. The van der Waals surface area contributed by atoms with E-state index in [0.29, 0.717) is 0 Å². The van der Waals surface area contributed by atoms with Crippen molar-refractivity contribution in [3.05, 3.63) is 199 Å². The Morgan fingerprint density at radius 2 is 0.925 bits per heavy atom. The summed E-state index contributed by atoms with van der Waals surface area (Å²) in [5, 5.41) is 2.23. The first-order valence-corrected chi connectivity index (χ1v) is 18.3. The van der Waals surface area contributed by atoms with Crippen LogP contribution in [0.15, 0.2) is 192 Å². The lowest BCUT2D eigenvalue weighted by atomic mass is 9.82. The maximum Gasteiger partial charge on any atom is 0.137 e. The minimum absolute atomic E-state index is 0.135. The van der Waals surface area contributed by atoms with E-state index in [1.165, 1.54) is 44.5 Å². The largest absolute Gasteiger partial charge is 0.456 e. The quantitative estimate of drug-likeness (QED) is 0.174. The molecule has 8 aromatic carbocycles. The van der Waals surface area contributed by atoms with Crippen molar-refractivity contribution < 1.29 is 4.42 Å². The Labute approximate surface area is 310 Å². The van der Waals surface area contributed by atoms with Crippen LogP contribution < -0.4 is 4.90 Å². The fourth-order valence-corrected chi connectivity index (χ4v) is 8.34. The van der Waals surface area contributed by atoms with Crippen LogP contribution in [0.3, 0.4) is 0 Å². The number of benzene rings is 8. The van der Waals surface area contributed by atoms with Gasteiger partial charge >= 0.3 is 0 Å². The number of furan rings is 1. The highest BCUT2D eigenvalue weighted by Crippen LogP contribution is 2.52. The fourth-order valence-electron chi connectivity index (χ4n) is 8.34. The number of rotatable bonds is 6. The highest BCUT2D eigenvalue weighted by atomic mass is 16.3. The molecule has 1 aliphatic carbocycles. The molecule has 0 spiro atoms. The van der Waals surface area contributed by atoms with Crippen LogP contribution in [0.25, 0.3) is 66.4 Å². The molecule has 53 heavy (non-hydrogen) atoms. The van der Waals surface area contributed by atoms with Crippen molar-refractivity contribution >= 4 is 39.0 Å². The van der Waals surface area contributed by atoms with Gasteiger partial charge in [0, 0.05) is 39.2 Å². The normalized spacial score (nSPS) is 12.9. The molecule has 0 unspecified atom stereocenters. The van der Waals surface area contributed by atoms with Crippen LogP contribution in [0, 0.1) is 0 Å². The summed E-state index contributed by atoms with van der Waals surface area (Å²) >= 11 is 0. The van der Waals surface area contributed by atoms with Crippen molar-refractivity contribution in [3.63, 3.8) is 0 Å². The smallest absolute Gasteiger partial charge is 0.137 e. The lowest BCUT2D eigenvalue weighted by Gasteiger charge is -2.30. The van der Waals surface area contributed by atoms with Crippen LogP contribution in [0.5, 0.6) is 0 Å². The Bertz CT molecular complexity index is 2780. The second-order valence-electron chi connectivity index (χ2n) is 14.6. The number of nitrogens with zero attached hydrogens (tertiary/aromatic N) is 1. The van der Waals surface area contributed by atoms with Gasteiger partial charge in [-0.05, 0) is 86.5 Å². The van der Waals surface area contributed by atoms with E-state index in [-0.39, 0.29) is 5.41 Å². The standard InChI is InChI=1S/C51H37NO/c1-51(2)46-19-11-9-17-41(46)42-30-29-40(31-47(42)51)52(39-27-25-37(26-28-39)35-15-7-4-8-16-35)48-33-50-45(43-18-10-12-20-49(43)53-50)32-44(48)38-23-21-36(22-24-38)34-13-5-3-6-14-34/h3-33H,1-2H3. The summed E-state index contributed by atoms with van der Waals surface area (Å²) in [6, 6.07) is 67.9. The number of fused-ring (bicyclic) bond motifs is 6. The summed E-state index contributed by atoms with van der Waals surface area (Å²) in [4.78, 5) is 2.42. The van der Waals surface area contributed by atoms with Gasteiger partial charge in [-0.15, -0.1) is 0 Å². The van der Waals surface area contributed by atoms with Crippen molar-refractivity contribution in [2.75, 3.05) is 4.90 Å². The summed E-state index contributed by atoms with van der Waals surface area (Å²) in [6.07, 6.45) is 0. The van der Waals surface area contributed by atoms with Crippen molar-refractivity contribution in [2.24, 2.45) is 0 Å². The van der Waals surface area contributed by atoms with Crippen molar-refractivity contribution in [1.82, 2.24) is 0 Å². The molecule has 0 bridgehead atoms. The summed E-state index contributed by atoms with van der Waals surface area (Å²) in [5.74, 6) is 0. The van der Waals surface area contributed by atoms with E-state index in [0.717, 1.165) is 50.1 Å². The van der Waals surface area contributed by atoms with E-state index < -0.39 is 0 Å². The molecule has 0 amide bonds. The first-order valence-electron chi connectivity index (χ1n) is 18.3. The van der Waals surface area contributed by atoms with Gasteiger partial charge in [0.15, 0.2) is 0 Å². The maximum atomic E-state index is 6.58. The maximum absolute atomic E-state index is 6.58. The Kier molecular flexibility index (Phi) is 7.19. The SMILES string of the molecule is CC1(C)c2ccccc2-c2ccc(N(c3ccc(-c4ccccc4)cc3)c3cc4oc5ccccc5c4cc3-c3ccc(-c4ccccc4)cc3)cc21. The predicted molar refractivity (Wildman–Crippen MR) is 222 cm³/mol. The van der Waals surface area contributed by atoms with Gasteiger partial charge in [-0.2, -0.15) is 0 Å². The zero-order valence-electron chi connectivity index (χ0n) is 29.8. The lowest BCUT2D eigenvalue weighted by molar-refractivity contribution is 0.660. The molecular weight excluding hydrogens is 643 g/mol. The molecule has 0 N–H and O–H groups in total. The highest BCUT2D eigenvalue weighted by molar-refractivity contribution is 6.09. The Hall–Kier alpha value is -6.64. The molecular formula is C51H37NO. The Balaban J connectivity index is 1.21. The first kappa shape index (κ1) is 31.1. The molecule has 0 atom stereocenters. The minimum atomic E-state index is -0.135. The van der Waals surface area contributed by atoms with Crippen molar-refractivity contribution in [3.8, 4) is 44.5 Å². The third kappa shape index (κ3) is 5.18. The van der Waals surface area contributed by atoms with Gasteiger partial charge in [-0.1, -0.05) is 159 Å². The zero-order chi connectivity index (χ0) is 35.5. The van der Waals surface area contributed by atoms with Gasteiger partial charge in [-0.3, -0.25) is 0 Å². The molecule has 0 fully saturated rings. The summed E-state index contributed by atoms with van der Waals surface area (Å²) in [5.41, 5.74) is 17.3. The van der Waals surface area contributed by atoms with E-state index in [2.05, 4.69) is 201 Å². The molecule has 0 aliphatic heterocycles. The lowest BCUT2D eigenvalue weighted by Crippen LogP contribution is -2.17. The highest BCUT2D eigenvalue weighted by Gasteiger charge is 2.36. The summed E-state index contributed by atoms with van der Waals surface area (Å²) in [7, 11) is 0. The summed E-state index contributed by atoms with van der Waals surface area (Å²) < 4.78 is 6.58. The van der Waals surface area contributed by atoms with Crippen LogP contribution in [0.2, 0.25) is 0 Å². The second kappa shape index (κ2) is 12.3.